The topological polar surface area (TPSA) is 30.9 Å². The highest BCUT2D eigenvalue weighted by atomic mass is 16.7. The molecule has 0 amide bonds. The highest BCUT2D eigenvalue weighted by molar-refractivity contribution is 5.46. The standard InChI is InChI=1S/C17H25NO3/c1-2-14-6-3-4-9-18(14)10-5-11-19-15-7-8-16-17(12-15)21-13-20-16/h7-8,12,14H,2-6,9-11,13H2,1H3. The normalized spacial score (nSPS) is 21.5. The fourth-order valence-corrected chi connectivity index (χ4v) is 3.24. The number of hydrogen-bond donors (Lipinski definition) is 0. The Balaban J connectivity index is 1.41. The smallest absolute Gasteiger partial charge is 0.231 e. The zero-order valence-corrected chi connectivity index (χ0v) is 12.8. The minimum absolute atomic E-state index is 0.312. The molecule has 1 saturated heterocycles. The lowest BCUT2D eigenvalue weighted by Crippen LogP contribution is -2.40. The number of nitrogens with zero attached hydrogens (tertiary/aromatic N) is 1. The summed E-state index contributed by atoms with van der Waals surface area (Å²) in [6.45, 7) is 5.76. The molecule has 3 rings (SSSR count). The van der Waals surface area contributed by atoms with E-state index in [0.717, 1.165) is 42.9 Å². The van der Waals surface area contributed by atoms with Crippen LogP contribution in [0.3, 0.4) is 0 Å². The molecule has 4 heteroatoms. The maximum atomic E-state index is 5.83. The molecule has 4 nitrogen and oxygen atoms in total. The molecule has 2 aliphatic heterocycles. The molecule has 2 aliphatic rings. The van der Waals surface area contributed by atoms with Gasteiger partial charge in [-0.1, -0.05) is 13.3 Å². The molecule has 0 aliphatic carbocycles. The molecule has 0 radical (unpaired) electrons. The van der Waals surface area contributed by atoms with E-state index in [0.29, 0.717) is 6.79 Å². The summed E-state index contributed by atoms with van der Waals surface area (Å²) in [6.07, 6.45) is 6.44. The molecule has 21 heavy (non-hydrogen) atoms. The van der Waals surface area contributed by atoms with Crippen molar-refractivity contribution in [2.75, 3.05) is 26.5 Å². The first-order chi connectivity index (χ1) is 10.4. The largest absolute Gasteiger partial charge is 0.493 e. The molecular weight excluding hydrogens is 266 g/mol. The third-order valence-corrected chi connectivity index (χ3v) is 4.42. The van der Waals surface area contributed by atoms with Crippen LogP contribution in [0.15, 0.2) is 18.2 Å². The Morgan fingerprint density at radius 2 is 2.14 bits per heavy atom. The van der Waals surface area contributed by atoms with Crippen LogP contribution in [0.5, 0.6) is 17.2 Å². The summed E-state index contributed by atoms with van der Waals surface area (Å²) in [5.41, 5.74) is 0. The van der Waals surface area contributed by atoms with E-state index in [1.807, 2.05) is 18.2 Å². The summed E-state index contributed by atoms with van der Waals surface area (Å²) < 4.78 is 16.5. The van der Waals surface area contributed by atoms with Gasteiger partial charge in [-0.3, -0.25) is 0 Å². The van der Waals surface area contributed by atoms with E-state index in [2.05, 4.69) is 11.8 Å². The quantitative estimate of drug-likeness (QED) is 0.751. The minimum Gasteiger partial charge on any atom is -0.493 e. The zero-order valence-electron chi connectivity index (χ0n) is 12.8. The van der Waals surface area contributed by atoms with E-state index in [4.69, 9.17) is 14.2 Å². The average Bonchev–Trinajstić information content (AvgIpc) is 2.99. The lowest BCUT2D eigenvalue weighted by Gasteiger charge is -2.35. The predicted molar refractivity (Wildman–Crippen MR) is 82.2 cm³/mol. The van der Waals surface area contributed by atoms with Crippen molar-refractivity contribution in [1.29, 1.82) is 0 Å². The number of ether oxygens (including phenoxy) is 3. The number of fused-ring (bicyclic) bond motifs is 1. The van der Waals surface area contributed by atoms with Gasteiger partial charge in [0.25, 0.3) is 0 Å². The van der Waals surface area contributed by atoms with E-state index >= 15 is 0 Å². The van der Waals surface area contributed by atoms with E-state index < -0.39 is 0 Å². The lowest BCUT2D eigenvalue weighted by molar-refractivity contribution is 0.134. The monoisotopic (exact) mass is 291 g/mol. The maximum absolute atomic E-state index is 5.83. The third kappa shape index (κ3) is 3.62. The van der Waals surface area contributed by atoms with Crippen molar-refractivity contribution in [2.24, 2.45) is 0 Å². The SMILES string of the molecule is CCC1CCCCN1CCCOc1ccc2c(c1)OCO2. The number of piperidine rings is 1. The number of likely N-dealkylation sites (tertiary alicyclic amines) is 1. The average molecular weight is 291 g/mol. The van der Waals surface area contributed by atoms with Crippen LogP contribution in [0.4, 0.5) is 0 Å². The van der Waals surface area contributed by atoms with Crippen molar-refractivity contribution in [1.82, 2.24) is 4.90 Å². The molecule has 0 spiro atoms. The Labute approximate surface area is 127 Å². The molecule has 2 heterocycles. The summed E-state index contributed by atoms with van der Waals surface area (Å²) in [4.78, 5) is 2.63. The molecule has 1 fully saturated rings. The van der Waals surface area contributed by atoms with Crippen LogP contribution in [-0.2, 0) is 0 Å². The number of hydrogen-bond acceptors (Lipinski definition) is 4. The van der Waals surface area contributed by atoms with E-state index in [-0.39, 0.29) is 0 Å². The van der Waals surface area contributed by atoms with Crippen LogP contribution in [0.2, 0.25) is 0 Å². The molecule has 1 atom stereocenters. The van der Waals surface area contributed by atoms with Crippen molar-refractivity contribution in [3.8, 4) is 17.2 Å². The molecule has 1 aromatic rings. The maximum Gasteiger partial charge on any atom is 0.231 e. The van der Waals surface area contributed by atoms with Crippen LogP contribution >= 0.6 is 0 Å². The predicted octanol–water partition coefficient (Wildman–Crippen LogP) is 3.45. The number of benzene rings is 1. The minimum atomic E-state index is 0.312. The second-order valence-electron chi connectivity index (χ2n) is 5.81. The van der Waals surface area contributed by atoms with Gasteiger partial charge < -0.3 is 19.1 Å². The van der Waals surface area contributed by atoms with Gasteiger partial charge in [0.1, 0.15) is 5.75 Å². The Hall–Kier alpha value is -1.42. The molecular formula is C17H25NO3. The van der Waals surface area contributed by atoms with Gasteiger partial charge >= 0.3 is 0 Å². The molecule has 0 bridgehead atoms. The Morgan fingerprint density at radius 3 is 3.05 bits per heavy atom. The highest BCUT2D eigenvalue weighted by Crippen LogP contribution is 2.35. The lowest BCUT2D eigenvalue weighted by atomic mass is 10.00. The molecule has 0 aromatic heterocycles. The van der Waals surface area contributed by atoms with Gasteiger partial charge in [0, 0.05) is 18.7 Å². The fourth-order valence-electron chi connectivity index (χ4n) is 3.24. The van der Waals surface area contributed by atoms with Crippen molar-refractivity contribution in [2.45, 2.75) is 45.1 Å². The van der Waals surface area contributed by atoms with Crippen LogP contribution < -0.4 is 14.2 Å². The Bertz CT molecular complexity index is 463. The van der Waals surface area contributed by atoms with E-state index in [1.54, 1.807) is 0 Å². The van der Waals surface area contributed by atoms with Crippen molar-refractivity contribution < 1.29 is 14.2 Å². The molecule has 1 unspecified atom stereocenters. The molecule has 1 aromatic carbocycles. The zero-order chi connectivity index (χ0) is 14.5. The first-order valence-corrected chi connectivity index (χ1v) is 8.13. The van der Waals surface area contributed by atoms with Gasteiger partial charge in [0.05, 0.1) is 6.61 Å². The van der Waals surface area contributed by atoms with Gasteiger partial charge in [-0.25, -0.2) is 0 Å². The van der Waals surface area contributed by atoms with E-state index in [1.165, 1.54) is 32.2 Å². The Morgan fingerprint density at radius 1 is 1.24 bits per heavy atom. The molecule has 0 N–H and O–H groups in total. The van der Waals surface area contributed by atoms with Gasteiger partial charge in [-0.15, -0.1) is 0 Å². The second-order valence-corrected chi connectivity index (χ2v) is 5.81. The van der Waals surface area contributed by atoms with Crippen LogP contribution in [0, 0.1) is 0 Å². The van der Waals surface area contributed by atoms with Gasteiger partial charge in [0.15, 0.2) is 11.5 Å². The highest BCUT2D eigenvalue weighted by Gasteiger charge is 2.20. The summed E-state index contributed by atoms with van der Waals surface area (Å²) in [5, 5.41) is 0. The molecule has 116 valence electrons. The summed E-state index contributed by atoms with van der Waals surface area (Å²) in [5.74, 6) is 2.46. The van der Waals surface area contributed by atoms with Gasteiger partial charge in [-0.05, 0) is 44.4 Å². The first kappa shape index (κ1) is 14.5. The fraction of sp³-hybridized carbons (Fsp3) is 0.647. The van der Waals surface area contributed by atoms with Crippen molar-refractivity contribution in [3.63, 3.8) is 0 Å². The first-order valence-electron chi connectivity index (χ1n) is 8.13. The summed E-state index contributed by atoms with van der Waals surface area (Å²) >= 11 is 0. The van der Waals surface area contributed by atoms with E-state index in [9.17, 15) is 0 Å². The van der Waals surface area contributed by atoms with Crippen molar-refractivity contribution >= 4 is 0 Å². The summed E-state index contributed by atoms with van der Waals surface area (Å²) in [7, 11) is 0. The number of rotatable bonds is 6. The van der Waals surface area contributed by atoms with Crippen LogP contribution in [0.25, 0.3) is 0 Å². The van der Waals surface area contributed by atoms with Crippen molar-refractivity contribution in [3.05, 3.63) is 18.2 Å². The summed E-state index contributed by atoms with van der Waals surface area (Å²) in [6, 6.07) is 6.56. The third-order valence-electron chi connectivity index (χ3n) is 4.42. The second kappa shape index (κ2) is 7.03. The van der Waals surface area contributed by atoms with Crippen LogP contribution in [-0.4, -0.2) is 37.4 Å². The van der Waals surface area contributed by atoms with Crippen LogP contribution in [0.1, 0.15) is 39.0 Å². The molecule has 0 saturated carbocycles. The Kier molecular flexibility index (Phi) is 4.86. The van der Waals surface area contributed by atoms with Gasteiger partial charge in [-0.2, -0.15) is 0 Å². The van der Waals surface area contributed by atoms with Gasteiger partial charge in [0.2, 0.25) is 6.79 Å².